The van der Waals surface area contributed by atoms with Gasteiger partial charge in [-0.25, -0.2) is 0 Å². The van der Waals surface area contributed by atoms with Crippen LogP contribution in [0.1, 0.15) is 24.1 Å². The van der Waals surface area contributed by atoms with E-state index in [9.17, 15) is 4.79 Å². The van der Waals surface area contributed by atoms with Gasteiger partial charge in [0.1, 0.15) is 0 Å². The largest absolute Gasteiger partial charge is 0.308 e. The lowest BCUT2D eigenvalue weighted by Gasteiger charge is -2.15. The van der Waals surface area contributed by atoms with Gasteiger partial charge in [0.15, 0.2) is 0 Å². The predicted octanol–water partition coefficient (Wildman–Crippen LogP) is 2.77. The molecule has 2 nitrogen and oxygen atoms in total. The minimum Gasteiger partial charge on any atom is -0.308 e. The van der Waals surface area contributed by atoms with Crippen molar-refractivity contribution in [1.82, 2.24) is 4.57 Å². The molecule has 2 heteroatoms. The van der Waals surface area contributed by atoms with Crippen molar-refractivity contribution in [1.29, 1.82) is 0 Å². The van der Waals surface area contributed by atoms with E-state index in [4.69, 9.17) is 0 Å². The highest BCUT2D eigenvalue weighted by atomic mass is 16.1. The highest BCUT2D eigenvalue weighted by molar-refractivity contribution is 5.24. The Kier molecular flexibility index (Phi) is 2.91. The lowest BCUT2D eigenvalue weighted by atomic mass is 10.1. The smallest absolute Gasteiger partial charge is 0.251 e. The summed E-state index contributed by atoms with van der Waals surface area (Å²) in [6.45, 7) is 4.09. The average Bonchev–Trinajstić information content (AvgIpc) is 2.30. The maximum Gasteiger partial charge on any atom is 0.251 e. The van der Waals surface area contributed by atoms with Crippen LogP contribution in [0.2, 0.25) is 0 Å². The second-order valence-corrected chi connectivity index (χ2v) is 4.03. The van der Waals surface area contributed by atoms with Crippen LogP contribution in [0.4, 0.5) is 0 Å². The minimum atomic E-state index is 0.0376. The quantitative estimate of drug-likeness (QED) is 0.751. The number of rotatable bonds is 2. The molecule has 0 fully saturated rings. The van der Waals surface area contributed by atoms with Crippen LogP contribution in [0.5, 0.6) is 0 Å². The molecular formula is C14H15NO. The van der Waals surface area contributed by atoms with Gasteiger partial charge in [0, 0.05) is 12.3 Å². The van der Waals surface area contributed by atoms with Gasteiger partial charge in [0.2, 0.25) is 0 Å². The third-order valence-corrected chi connectivity index (χ3v) is 2.83. The van der Waals surface area contributed by atoms with Crippen LogP contribution < -0.4 is 5.56 Å². The SMILES string of the molecule is Cc1ccc(C(C)n2ccccc2=O)cc1. The maximum absolute atomic E-state index is 11.7. The van der Waals surface area contributed by atoms with Crippen LogP contribution in [0.3, 0.4) is 0 Å². The highest BCUT2D eigenvalue weighted by Crippen LogP contribution is 2.16. The summed E-state index contributed by atoms with van der Waals surface area (Å²) in [5.74, 6) is 0. The molecule has 0 aliphatic heterocycles. The van der Waals surface area contributed by atoms with Crippen molar-refractivity contribution < 1.29 is 0 Å². The normalized spacial score (nSPS) is 12.4. The molecular weight excluding hydrogens is 198 g/mol. The van der Waals surface area contributed by atoms with Gasteiger partial charge in [0.05, 0.1) is 6.04 Å². The first-order valence-electron chi connectivity index (χ1n) is 5.42. The zero-order chi connectivity index (χ0) is 11.5. The van der Waals surface area contributed by atoms with E-state index >= 15 is 0 Å². The van der Waals surface area contributed by atoms with E-state index in [1.165, 1.54) is 5.56 Å². The molecule has 82 valence electrons. The third kappa shape index (κ3) is 2.06. The first kappa shape index (κ1) is 10.7. The second-order valence-electron chi connectivity index (χ2n) is 4.03. The summed E-state index contributed by atoms with van der Waals surface area (Å²) in [5.41, 5.74) is 2.42. The molecule has 0 saturated heterocycles. The van der Waals surface area contributed by atoms with Gasteiger partial charge in [-0.2, -0.15) is 0 Å². The molecule has 1 aromatic carbocycles. The molecule has 2 rings (SSSR count). The van der Waals surface area contributed by atoms with Crippen LogP contribution in [0.15, 0.2) is 53.5 Å². The summed E-state index contributed by atoms with van der Waals surface area (Å²) in [7, 11) is 0. The molecule has 0 N–H and O–H groups in total. The minimum absolute atomic E-state index is 0.0376. The van der Waals surface area contributed by atoms with Gasteiger partial charge in [-0.05, 0) is 25.5 Å². The van der Waals surface area contributed by atoms with Crippen molar-refractivity contribution in [2.45, 2.75) is 19.9 Å². The van der Waals surface area contributed by atoms with Crippen LogP contribution in [0, 0.1) is 6.92 Å². The fourth-order valence-electron chi connectivity index (χ4n) is 1.77. The molecule has 0 aliphatic carbocycles. The molecule has 1 heterocycles. The van der Waals surface area contributed by atoms with Crippen molar-refractivity contribution in [2.75, 3.05) is 0 Å². The Morgan fingerprint density at radius 1 is 1.06 bits per heavy atom. The molecule has 0 radical (unpaired) electrons. The van der Waals surface area contributed by atoms with Crippen molar-refractivity contribution in [3.63, 3.8) is 0 Å². The number of hydrogen-bond acceptors (Lipinski definition) is 1. The van der Waals surface area contributed by atoms with E-state index in [0.29, 0.717) is 0 Å². The van der Waals surface area contributed by atoms with Crippen LogP contribution >= 0.6 is 0 Å². The van der Waals surface area contributed by atoms with E-state index < -0.39 is 0 Å². The monoisotopic (exact) mass is 213 g/mol. The standard InChI is InChI=1S/C14H15NO/c1-11-6-8-13(9-7-11)12(2)15-10-4-3-5-14(15)16/h3-10,12H,1-2H3. The Balaban J connectivity index is 2.39. The zero-order valence-corrected chi connectivity index (χ0v) is 9.55. The second kappa shape index (κ2) is 4.35. The van der Waals surface area contributed by atoms with Crippen molar-refractivity contribution in [3.05, 3.63) is 70.1 Å². The first-order chi connectivity index (χ1) is 7.68. The van der Waals surface area contributed by atoms with Crippen molar-refractivity contribution in [3.8, 4) is 0 Å². The summed E-state index contributed by atoms with van der Waals surface area (Å²) in [4.78, 5) is 11.7. The van der Waals surface area contributed by atoms with E-state index in [1.807, 2.05) is 19.2 Å². The Morgan fingerprint density at radius 2 is 1.75 bits per heavy atom. The molecule has 0 aliphatic rings. The summed E-state index contributed by atoms with van der Waals surface area (Å²) >= 11 is 0. The molecule has 0 spiro atoms. The van der Waals surface area contributed by atoms with E-state index in [0.717, 1.165) is 5.56 Å². The predicted molar refractivity (Wildman–Crippen MR) is 65.7 cm³/mol. The Labute approximate surface area is 95.2 Å². The number of aryl methyl sites for hydroxylation is 1. The molecule has 1 unspecified atom stereocenters. The molecule has 1 atom stereocenters. The summed E-state index contributed by atoms with van der Waals surface area (Å²) < 4.78 is 1.74. The van der Waals surface area contributed by atoms with Gasteiger partial charge in [-0.3, -0.25) is 4.79 Å². The Morgan fingerprint density at radius 3 is 2.38 bits per heavy atom. The number of aromatic nitrogens is 1. The average molecular weight is 213 g/mol. The fourth-order valence-corrected chi connectivity index (χ4v) is 1.77. The van der Waals surface area contributed by atoms with Crippen LogP contribution in [-0.4, -0.2) is 4.57 Å². The molecule has 0 bridgehead atoms. The highest BCUT2D eigenvalue weighted by Gasteiger charge is 2.07. The zero-order valence-electron chi connectivity index (χ0n) is 9.55. The summed E-state index contributed by atoms with van der Waals surface area (Å²) in [6.07, 6.45) is 1.83. The van der Waals surface area contributed by atoms with Crippen molar-refractivity contribution in [2.24, 2.45) is 0 Å². The molecule has 2 aromatic rings. The van der Waals surface area contributed by atoms with Gasteiger partial charge < -0.3 is 4.57 Å². The maximum atomic E-state index is 11.7. The van der Waals surface area contributed by atoms with Gasteiger partial charge in [0.25, 0.3) is 5.56 Å². The lowest BCUT2D eigenvalue weighted by Crippen LogP contribution is -2.21. The Bertz CT molecular complexity index is 525. The van der Waals surface area contributed by atoms with E-state index in [1.54, 1.807) is 16.7 Å². The molecule has 0 saturated carbocycles. The van der Waals surface area contributed by atoms with Crippen LogP contribution in [0.25, 0.3) is 0 Å². The molecule has 1 aromatic heterocycles. The fraction of sp³-hybridized carbons (Fsp3) is 0.214. The number of pyridine rings is 1. The van der Waals surface area contributed by atoms with Gasteiger partial charge in [-0.1, -0.05) is 35.9 Å². The lowest BCUT2D eigenvalue weighted by molar-refractivity contribution is 0.614. The topological polar surface area (TPSA) is 22.0 Å². The number of hydrogen-bond donors (Lipinski definition) is 0. The van der Waals surface area contributed by atoms with Gasteiger partial charge in [-0.15, -0.1) is 0 Å². The first-order valence-corrected chi connectivity index (χ1v) is 5.42. The summed E-state index contributed by atoms with van der Waals surface area (Å²) in [6, 6.07) is 13.6. The number of benzene rings is 1. The molecule has 16 heavy (non-hydrogen) atoms. The summed E-state index contributed by atoms with van der Waals surface area (Å²) in [5, 5.41) is 0. The Hall–Kier alpha value is -1.83. The van der Waals surface area contributed by atoms with E-state index in [-0.39, 0.29) is 11.6 Å². The van der Waals surface area contributed by atoms with Crippen molar-refractivity contribution >= 4 is 0 Å². The van der Waals surface area contributed by atoms with Gasteiger partial charge >= 0.3 is 0 Å². The van der Waals surface area contributed by atoms with Crippen LogP contribution in [-0.2, 0) is 0 Å². The van der Waals surface area contributed by atoms with E-state index in [2.05, 4.69) is 31.2 Å². The third-order valence-electron chi connectivity index (χ3n) is 2.83. The molecule has 0 amide bonds. The number of nitrogens with zero attached hydrogens (tertiary/aromatic N) is 1.